The van der Waals surface area contributed by atoms with Crippen LogP contribution in [0.25, 0.3) is 5.52 Å². The van der Waals surface area contributed by atoms with Gasteiger partial charge in [-0.25, -0.2) is 4.52 Å². The topological polar surface area (TPSA) is 65.6 Å². The van der Waals surface area contributed by atoms with E-state index in [1.54, 1.807) is 12.3 Å². The van der Waals surface area contributed by atoms with Gasteiger partial charge in [0.05, 0.1) is 13.7 Å². The Morgan fingerprint density at radius 1 is 1.62 bits per heavy atom. The molecule has 2 aromatic heterocycles. The molecular formula is C9H8BrN3O3. The lowest BCUT2D eigenvalue weighted by Crippen LogP contribution is -2.25. The van der Waals surface area contributed by atoms with E-state index in [0.29, 0.717) is 11.8 Å². The van der Waals surface area contributed by atoms with E-state index in [1.807, 2.05) is 0 Å². The Kier molecular flexibility index (Phi) is 2.78. The number of hydrogen-bond donors (Lipinski definition) is 0. The molecule has 0 spiro atoms. The zero-order valence-electron chi connectivity index (χ0n) is 8.38. The molecule has 0 radical (unpaired) electrons. The highest BCUT2D eigenvalue weighted by atomic mass is 79.9. The summed E-state index contributed by atoms with van der Waals surface area (Å²) in [5.74, 6) is 0. The molecule has 0 amide bonds. The molecule has 0 saturated heterocycles. The molecule has 0 bridgehead atoms. The third kappa shape index (κ3) is 1.63. The summed E-state index contributed by atoms with van der Waals surface area (Å²) in [6, 6.07) is 1.74. The van der Waals surface area contributed by atoms with Gasteiger partial charge in [-0.1, -0.05) is 0 Å². The fourth-order valence-electron chi connectivity index (χ4n) is 1.42. The summed E-state index contributed by atoms with van der Waals surface area (Å²) in [6.45, 7) is -0.0751. The fourth-order valence-corrected chi connectivity index (χ4v) is 1.83. The molecule has 0 atom stereocenters. The van der Waals surface area contributed by atoms with Crippen LogP contribution in [-0.2, 0) is 11.3 Å². The number of halogens is 1. The van der Waals surface area contributed by atoms with Crippen molar-refractivity contribution in [2.45, 2.75) is 6.54 Å². The molecule has 84 valence electrons. The summed E-state index contributed by atoms with van der Waals surface area (Å²) >= 11 is 3.25. The normalized spacial score (nSPS) is 10.6. The van der Waals surface area contributed by atoms with Crippen molar-refractivity contribution in [3.8, 4) is 6.01 Å². The van der Waals surface area contributed by atoms with Gasteiger partial charge in [0.15, 0.2) is 0 Å². The van der Waals surface area contributed by atoms with Crippen molar-refractivity contribution in [2.75, 3.05) is 7.11 Å². The molecule has 0 aromatic carbocycles. The molecule has 0 aliphatic heterocycles. The third-order valence-corrected chi connectivity index (χ3v) is 2.53. The monoisotopic (exact) mass is 285 g/mol. The number of nitrogens with zero attached hydrogens (tertiary/aromatic N) is 3. The van der Waals surface area contributed by atoms with E-state index in [4.69, 9.17) is 4.74 Å². The first kappa shape index (κ1) is 10.9. The largest absolute Gasteiger partial charge is 0.467 e. The van der Waals surface area contributed by atoms with Crippen LogP contribution < -0.4 is 10.3 Å². The van der Waals surface area contributed by atoms with Gasteiger partial charge in [-0.3, -0.25) is 9.36 Å². The molecule has 0 aliphatic carbocycles. The van der Waals surface area contributed by atoms with Gasteiger partial charge in [0.25, 0.3) is 5.56 Å². The molecular weight excluding hydrogens is 278 g/mol. The summed E-state index contributed by atoms with van der Waals surface area (Å²) in [4.78, 5) is 22.4. The van der Waals surface area contributed by atoms with Crippen LogP contribution in [0.3, 0.4) is 0 Å². The van der Waals surface area contributed by atoms with E-state index in [2.05, 4.69) is 21.0 Å². The van der Waals surface area contributed by atoms with Crippen molar-refractivity contribution in [1.82, 2.24) is 14.2 Å². The fraction of sp³-hybridized carbons (Fsp3) is 0.222. The summed E-state index contributed by atoms with van der Waals surface area (Å²) in [6.07, 6.45) is 2.27. The number of hydrogen-bond acceptors (Lipinski definition) is 4. The van der Waals surface area contributed by atoms with E-state index >= 15 is 0 Å². The molecule has 2 aromatic rings. The van der Waals surface area contributed by atoms with Gasteiger partial charge < -0.3 is 9.53 Å². The lowest BCUT2D eigenvalue weighted by Gasteiger charge is -2.07. The summed E-state index contributed by atoms with van der Waals surface area (Å²) in [5.41, 5.74) is 0.0687. The molecule has 0 aliphatic rings. The van der Waals surface area contributed by atoms with Crippen LogP contribution in [0.5, 0.6) is 6.01 Å². The van der Waals surface area contributed by atoms with Crippen LogP contribution in [0, 0.1) is 0 Å². The van der Waals surface area contributed by atoms with E-state index in [-0.39, 0.29) is 18.1 Å². The number of aldehydes is 1. The van der Waals surface area contributed by atoms with Gasteiger partial charge in [-0.2, -0.15) is 0 Å². The molecule has 2 heterocycles. The third-order valence-electron chi connectivity index (χ3n) is 2.10. The number of rotatable bonds is 3. The predicted molar refractivity (Wildman–Crippen MR) is 59.8 cm³/mol. The Labute approximate surface area is 98.6 Å². The predicted octanol–water partition coefficient (Wildman–Crippen LogP) is 0.466. The van der Waals surface area contributed by atoms with Crippen LogP contribution >= 0.6 is 15.9 Å². The van der Waals surface area contributed by atoms with E-state index < -0.39 is 0 Å². The second-order valence-electron chi connectivity index (χ2n) is 3.06. The second kappa shape index (κ2) is 4.09. The van der Waals surface area contributed by atoms with E-state index in [9.17, 15) is 9.59 Å². The number of fused-ring (bicyclic) bond motifs is 1. The Morgan fingerprint density at radius 2 is 2.38 bits per heavy atom. The second-order valence-corrected chi connectivity index (χ2v) is 3.97. The maximum atomic E-state index is 12.0. The lowest BCUT2D eigenvalue weighted by atomic mass is 10.5. The molecule has 16 heavy (non-hydrogen) atoms. The smallest absolute Gasteiger partial charge is 0.317 e. The van der Waals surface area contributed by atoms with E-state index in [0.717, 1.165) is 4.47 Å². The molecule has 0 fully saturated rings. The lowest BCUT2D eigenvalue weighted by molar-refractivity contribution is -0.108. The van der Waals surface area contributed by atoms with Crippen molar-refractivity contribution in [1.29, 1.82) is 0 Å². The van der Waals surface area contributed by atoms with Gasteiger partial charge in [0.1, 0.15) is 11.8 Å². The summed E-state index contributed by atoms with van der Waals surface area (Å²) in [7, 11) is 1.40. The minimum Gasteiger partial charge on any atom is -0.467 e. The van der Waals surface area contributed by atoms with Crippen LogP contribution in [0.4, 0.5) is 0 Å². The minimum atomic E-state index is -0.315. The van der Waals surface area contributed by atoms with Crippen LogP contribution in [0.15, 0.2) is 21.5 Å². The number of carbonyl (C=O) groups excluding carboxylic acids is 1. The molecule has 2 rings (SSSR count). The Balaban J connectivity index is 2.81. The summed E-state index contributed by atoms with van der Waals surface area (Å²) < 4.78 is 8.28. The molecule has 0 N–H and O–H groups in total. The first-order chi connectivity index (χ1) is 7.67. The highest BCUT2D eigenvalue weighted by Gasteiger charge is 2.11. The quantitative estimate of drug-likeness (QED) is 0.769. The zero-order valence-corrected chi connectivity index (χ0v) is 9.97. The first-order valence-corrected chi connectivity index (χ1v) is 5.23. The average Bonchev–Trinajstić information content (AvgIpc) is 2.63. The highest BCUT2D eigenvalue weighted by molar-refractivity contribution is 9.10. The van der Waals surface area contributed by atoms with Gasteiger partial charge in [0, 0.05) is 10.7 Å². The van der Waals surface area contributed by atoms with Crippen molar-refractivity contribution in [2.24, 2.45) is 0 Å². The van der Waals surface area contributed by atoms with Crippen molar-refractivity contribution in [3.05, 3.63) is 27.1 Å². The Bertz CT molecular complexity index is 602. The van der Waals surface area contributed by atoms with Gasteiger partial charge >= 0.3 is 6.01 Å². The van der Waals surface area contributed by atoms with Crippen molar-refractivity contribution >= 4 is 27.7 Å². The maximum Gasteiger partial charge on any atom is 0.317 e. The van der Waals surface area contributed by atoms with Gasteiger partial charge in [-0.15, -0.1) is 5.10 Å². The van der Waals surface area contributed by atoms with Crippen LogP contribution in [0.1, 0.15) is 0 Å². The van der Waals surface area contributed by atoms with Crippen molar-refractivity contribution < 1.29 is 9.53 Å². The van der Waals surface area contributed by atoms with E-state index in [1.165, 1.54) is 16.2 Å². The van der Waals surface area contributed by atoms with Gasteiger partial charge in [-0.05, 0) is 22.0 Å². The van der Waals surface area contributed by atoms with Crippen LogP contribution in [-0.4, -0.2) is 27.6 Å². The minimum absolute atomic E-state index is 0.0751. The molecule has 6 nitrogen and oxygen atoms in total. The van der Waals surface area contributed by atoms with Gasteiger partial charge in [0.2, 0.25) is 0 Å². The summed E-state index contributed by atoms with van der Waals surface area (Å²) in [5, 5.41) is 4.06. The average molecular weight is 286 g/mol. The molecule has 0 unspecified atom stereocenters. The number of aromatic nitrogens is 3. The number of carbonyl (C=O) groups is 1. The maximum absolute atomic E-state index is 12.0. The number of ether oxygens (including phenoxy) is 1. The van der Waals surface area contributed by atoms with Crippen molar-refractivity contribution in [3.63, 3.8) is 0 Å². The standard InChI is InChI=1S/C9H8BrN3O3/c1-16-9-11-13-5-6(10)4-7(13)8(15)12(9)2-3-14/h3-5H,2H2,1H3. The SMILES string of the molecule is COc1nn2cc(Br)cc2c(=O)n1CC=O. The Hall–Kier alpha value is -1.63. The number of methoxy groups -OCH3 is 1. The molecule has 7 heteroatoms. The molecule has 0 saturated carbocycles. The zero-order chi connectivity index (χ0) is 11.7. The Morgan fingerprint density at radius 3 is 3.00 bits per heavy atom. The first-order valence-electron chi connectivity index (χ1n) is 4.43. The van der Waals surface area contributed by atoms with Crippen LogP contribution in [0.2, 0.25) is 0 Å². The highest BCUT2D eigenvalue weighted by Crippen LogP contribution is 2.13.